The van der Waals surface area contributed by atoms with Crippen LogP contribution in [0.25, 0.3) is 0 Å². The number of benzene rings is 1. The van der Waals surface area contributed by atoms with E-state index in [9.17, 15) is 13.2 Å². The summed E-state index contributed by atoms with van der Waals surface area (Å²) < 4.78 is 42.4. The van der Waals surface area contributed by atoms with Crippen LogP contribution in [0.4, 0.5) is 13.2 Å². The molecule has 0 radical (unpaired) electrons. The number of nitrogens with zero attached hydrogens (tertiary/aromatic N) is 1. The van der Waals surface area contributed by atoms with Gasteiger partial charge in [0.15, 0.2) is 0 Å². The molecular weight excluding hydrogens is 317 g/mol. The predicted molar refractivity (Wildman–Crippen MR) is 87.3 cm³/mol. The van der Waals surface area contributed by atoms with Crippen LogP contribution in [0.2, 0.25) is 0 Å². The molecule has 0 saturated carbocycles. The maximum Gasteiger partial charge on any atom is 0.390 e. The molecule has 1 aliphatic carbocycles. The van der Waals surface area contributed by atoms with Gasteiger partial charge in [-0.25, -0.2) is 0 Å². The van der Waals surface area contributed by atoms with Crippen molar-refractivity contribution in [2.24, 2.45) is 0 Å². The lowest BCUT2D eigenvalue weighted by atomic mass is 10.0. The molecule has 0 spiro atoms. The van der Waals surface area contributed by atoms with Crippen LogP contribution in [0.1, 0.15) is 42.9 Å². The number of nitrogens with one attached hydrogen (secondary N) is 1. The van der Waals surface area contributed by atoms with Crippen LogP contribution in [0.15, 0.2) is 18.2 Å². The molecule has 0 unspecified atom stereocenters. The van der Waals surface area contributed by atoms with Gasteiger partial charge < -0.3 is 15.0 Å². The SMILES string of the molecule is COc1cccc2c1CC[C@H]2NC1CCN(CCC(F)(F)F)CC1. The van der Waals surface area contributed by atoms with E-state index in [0.717, 1.165) is 44.5 Å². The smallest absolute Gasteiger partial charge is 0.390 e. The fourth-order valence-corrected chi connectivity index (χ4v) is 3.88. The van der Waals surface area contributed by atoms with Crippen molar-refractivity contribution in [3.63, 3.8) is 0 Å². The fourth-order valence-electron chi connectivity index (χ4n) is 3.88. The number of alkyl halides is 3. The number of rotatable bonds is 5. The van der Waals surface area contributed by atoms with Crippen LogP contribution in [0.5, 0.6) is 5.75 Å². The van der Waals surface area contributed by atoms with E-state index in [1.807, 2.05) is 17.0 Å². The summed E-state index contributed by atoms with van der Waals surface area (Å²) in [5, 5.41) is 3.71. The third kappa shape index (κ3) is 4.22. The Morgan fingerprint density at radius 1 is 1.21 bits per heavy atom. The second-order valence-corrected chi connectivity index (χ2v) is 6.77. The molecular formula is C18H25F3N2O. The third-order valence-corrected chi connectivity index (χ3v) is 5.18. The van der Waals surface area contributed by atoms with Gasteiger partial charge in [-0.15, -0.1) is 0 Å². The molecule has 2 aliphatic rings. The summed E-state index contributed by atoms with van der Waals surface area (Å²) in [6.07, 6.45) is -0.866. The molecule has 1 fully saturated rings. The van der Waals surface area contributed by atoms with Crippen molar-refractivity contribution in [1.82, 2.24) is 10.2 Å². The summed E-state index contributed by atoms with van der Waals surface area (Å²) in [5.41, 5.74) is 2.61. The number of ether oxygens (including phenoxy) is 1. The summed E-state index contributed by atoms with van der Waals surface area (Å²) in [4.78, 5) is 1.93. The normalized spacial score (nSPS) is 22.6. The number of piperidine rings is 1. The molecule has 6 heteroatoms. The van der Waals surface area contributed by atoms with Crippen LogP contribution in [0, 0.1) is 0 Å². The van der Waals surface area contributed by atoms with E-state index in [1.165, 1.54) is 11.1 Å². The third-order valence-electron chi connectivity index (χ3n) is 5.18. The standard InChI is InChI=1S/C18H25F3N2O/c1-24-17-4-2-3-14-15(17)5-6-16(14)22-13-7-10-23(11-8-13)12-9-18(19,20)21/h2-4,13,16,22H,5-12H2,1H3/t16-/m1/s1. The van der Waals surface area contributed by atoms with E-state index >= 15 is 0 Å². The molecule has 1 aromatic rings. The van der Waals surface area contributed by atoms with Gasteiger partial charge in [0.1, 0.15) is 5.75 Å². The number of halogens is 3. The topological polar surface area (TPSA) is 24.5 Å². The zero-order valence-corrected chi connectivity index (χ0v) is 14.0. The Morgan fingerprint density at radius 3 is 2.62 bits per heavy atom. The molecule has 0 aromatic heterocycles. The fraction of sp³-hybridized carbons (Fsp3) is 0.667. The van der Waals surface area contributed by atoms with E-state index in [0.29, 0.717) is 12.1 Å². The van der Waals surface area contributed by atoms with E-state index in [4.69, 9.17) is 4.74 Å². The van der Waals surface area contributed by atoms with Gasteiger partial charge in [0.25, 0.3) is 0 Å². The van der Waals surface area contributed by atoms with Crippen LogP contribution < -0.4 is 10.1 Å². The minimum Gasteiger partial charge on any atom is -0.496 e. The Bertz CT molecular complexity index is 554. The molecule has 1 aromatic carbocycles. The summed E-state index contributed by atoms with van der Waals surface area (Å²) in [5.74, 6) is 0.957. The maximum atomic E-state index is 12.3. The lowest BCUT2D eigenvalue weighted by Crippen LogP contribution is -2.44. The Hall–Kier alpha value is -1.27. The van der Waals surface area contributed by atoms with Crippen molar-refractivity contribution in [3.8, 4) is 5.75 Å². The molecule has 0 bridgehead atoms. The molecule has 0 amide bonds. The van der Waals surface area contributed by atoms with Gasteiger partial charge in [0, 0.05) is 18.6 Å². The lowest BCUT2D eigenvalue weighted by Gasteiger charge is -2.34. The molecule has 1 N–H and O–H groups in total. The van der Waals surface area contributed by atoms with Crippen LogP contribution in [0.3, 0.4) is 0 Å². The highest BCUT2D eigenvalue weighted by Gasteiger charge is 2.31. The average molecular weight is 342 g/mol. The van der Waals surface area contributed by atoms with Crippen LogP contribution in [-0.4, -0.2) is 43.9 Å². The quantitative estimate of drug-likeness (QED) is 0.883. The molecule has 1 heterocycles. The number of fused-ring (bicyclic) bond motifs is 1. The van der Waals surface area contributed by atoms with Crippen molar-refractivity contribution in [3.05, 3.63) is 29.3 Å². The Labute approximate surface area is 141 Å². The minimum atomic E-state index is -4.05. The second kappa shape index (κ2) is 7.31. The van der Waals surface area contributed by atoms with E-state index in [2.05, 4.69) is 11.4 Å². The van der Waals surface area contributed by atoms with Crippen molar-refractivity contribution < 1.29 is 17.9 Å². The Balaban J connectivity index is 1.50. The van der Waals surface area contributed by atoms with Gasteiger partial charge in [-0.3, -0.25) is 0 Å². The predicted octanol–water partition coefficient (Wildman–Crippen LogP) is 3.69. The number of methoxy groups -OCH3 is 1. The Kier molecular flexibility index (Phi) is 5.35. The van der Waals surface area contributed by atoms with Gasteiger partial charge >= 0.3 is 6.18 Å². The Morgan fingerprint density at radius 2 is 1.96 bits per heavy atom. The van der Waals surface area contributed by atoms with Gasteiger partial charge in [0.05, 0.1) is 13.5 Å². The molecule has 24 heavy (non-hydrogen) atoms. The number of hydrogen-bond acceptors (Lipinski definition) is 3. The zero-order chi connectivity index (χ0) is 17.2. The second-order valence-electron chi connectivity index (χ2n) is 6.77. The summed E-state index contributed by atoms with van der Waals surface area (Å²) >= 11 is 0. The number of likely N-dealkylation sites (tertiary alicyclic amines) is 1. The molecule has 3 rings (SSSR count). The summed E-state index contributed by atoms with van der Waals surface area (Å²) in [6.45, 7) is 1.61. The highest BCUT2D eigenvalue weighted by atomic mass is 19.4. The van der Waals surface area contributed by atoms with Crippen molar-refractivity contribution in [1.29, 1.82) is 0 Å². The summed E-state index contributed by atoms with van der Waals surface area (Å²) in [7, 11) is 1.70. The van der Waals surface area contributed by atoms with Crippen molar-refractivity contribution >= 4 is 0 Å². The van der Waals surface area contributed by atoms with Crippen molar-refractivity contribution in [2.75, 3.05) is 26.7 Å². The van der Waals surface area contributed by atoms with Gasteiger partial charge in [-0.1, -0.05) is 12.1 Å². The van der Waals surface area contributed by atoms with E-state index in [-0.39, 0.29) is 6.54 Å². The molecule has 1 atom stereocenters. The number of hydrogen-bond donors (Lipinski definition) is 1. The van der Waals surface area contributed by atoms with E-state index < -0.39 is 12.6 Å². The molecule has 3 nitrogen and oxygen atoms in total. The van der Waals surface area contributed by atoms with Gasteiger partial charge in [-0.2, -0.15) is 13.2 Å². The minimum absolute atomic E-state index is 0.125. The first-order chi connectivity index (χ1) is 11.5. The lowest BCUT2D eigenvalue weighted by molar-refractivity contribution is -0.138. The van der Waals surface area contributed by atoms with Gasteiger partial charge in [-0.05, 0) is 56.0 Å². The molecule has 1 saturated heterocycles. The van der Waals surface area contributed by atoms with E-state index in [1.54, 1.807) is 7.11 Å². The first-order valence-corrected chi connectivity index (χ1v) is 8.67. The highest BCUT2D eigenvalue weighted by Crippen LogP contribution is 2.37. The zero-order valence-electron chi connectivity index (χ0n) is 14.0. The molecule has 134 valence electrons. The van der Waals surface area contributed by atoms with Crippen LogP contribution in [-0.2, 0) is 6.42 Å². The monoisotopic (exact) mass is 342 g/mol. The first-order valence-electron chi connectivity index (χ1n) is 8.67. The highest BCUT2D eigenvalue weighted by molar-refractivity contribution is 5.45. The largest absolute Gasteiger partial charge is 0.496 e. The average Bonchev–Trinajstić information content (AvgIpc) is 2.96. The molecule has 1 aliphatic heterocycles. The maximum absolute atomic E-state index is 12.3. The van der Waals surface area contributed by atoms with Crippen molar-refractivity contribution in [2.45, 2.75) is 50.4 Å². The van der Waals surface area contributed by atoms with Gasteiger partial charge in [0.2, 0.25) is 0 Å². The summed E-state index contributed by atoms with van der Waals surface area (Å²) in [6, 6.07) is 6.90. The first kappa shape index (κ1) is 17.5. The van der Waals surface area contributed by atoms with Crippen LogP contribution >= 0.6 is 0 Å².